The van der Waals surface area contributed by atoms with Gasteiger partial charge in [0, 0.05) is 39.9 Å². The van der Waals surface area contributed by atoms with Gasteiger partial charge >= 0.3 is 0 Å². The van der Waals surface area contributed by atoms with Crippen LogP contribution in [0.25, 0.3) is 0 Å². The Hall–Kier alpha value is -1.06. The second-order valence-electron chi connectivity index (χ2n) is 7.35. The number of hydrogen-bond acceptors (Lipinski definition) is 4. The molecule has 1 aromatic carbocycles. The summed E-state index contributed by atoms with van der Waals surface area (Å²) in [6.45, 7) is 8.95. The number of unbranched alkanes of at least 4 members (excludes halogenated alkanes) is 1. The van der Waals surface area contributed by atoms with E-state index in [4.69, 9.17) is 9.47 Å². The third-order valence-electron chi connectivity index (χ3n) is 5.27. The molecule has 166 valence electrons. The average molecular weight is 518 g/mol. The molecule has 1 aromatic rings. The normalized spacial score (nSPS) is 15.6. The van der Waals surface area contributed by atoms with E-state index in [2.05, 4.69) is 32.7 Å². The van der Waals surface area contributed by atoms with Crippen LogP contribution >= 0.6 is 24.0 Å². The first kappa shape index (κ1) is 26.0. The molecule has 0 radical (unpaired) electrons. The lowest BCUT2D eigenvalue weighted by molar-refractivity contribution is 0.143. The van der Waals surface area contributed by atoms with Crippen LogP contribution in [0.5, 0.6) is 5.75 Å². The van der Waals surface area contributed by atoms with Gasteiger partial charge in [-0.05, 0) is 69.3 Å². The van der Waals surface area contributed by atoms with Crippen molar-refractivity contribution in [3.63, 3.8) is 0 Å². The molecule has 1 fully saturated rings. The maximum absolute atomic E-state index is 5.37. The second kappa shape index (κ2) is 15.7. The van der Waals surface area contributed by atoms with Gasteiger partial charge < -0.3 is 20.1 Å². The maximum Gasteiger partial charge on any atom is 0.190 e. The molecule has 1 saturated heterocycles. The number of methoxy groups -OCH3 is 1. The molecule has 0 amide bonds. The molecule has 2 rings (SSSR count). The molecule has 6 nitrogen and oxygen atoms in total. The molecular formula is C22H39IN4O2. The number of likely N-dealkylation sites (tertiary alicyclic amines) is 1. The Morgan fingerprint density at radius 2 is 1.86 bits per heavy atom. The number of nitrogens with one attached hydrogen (secondary N) is 2. The van der Waals surface area contributed by atoms with E-state index in [9.17, 15) is 0 Å². The molecule has 0 unspecified atom stereocenters. The van der Waals surface area contributed by atoms with Gasteiger partial charge in [-0.2, -0.15) is 0 Å². The van der Waals surface area contributed by atoms with Gasteiger partial charge in [-0.15, -0.1) is 24.0 Å². The summed E-state index contributed by atoms with van der Waals surface area (Å²) < 4.78 is 10.6. The summed E-state index contributed by atoms with van der Waals surface area (Å²) in [5.74, 6) is 2.55. The molecule has 0 bridgehead atoms. The highest BCUT2D eigenvalue weighted by atomic mass is 127. The van der Waals surface area contributed by atoms with Gasteiger partial charge in [0.1, 0.15) is 5.75 Å². The Balaban J connectivity index is 0.00000420. The highest BCUT2D eigenvalue weighted by molar-refractivity contribution is 14.0. The number of aliphatic imine (C=N–C) groups is 1. The van der Waals surface area contributed by atoms with Crippen LogP contribution in [0.2, 0.25) is 0 Å². The minimum Gasteiger partial charge on any atom is -0.497 e. The number of guanidine groups is 1. The first-order chi connectivity index (χ1) is 13.7. The van der Waals surface area contributed by atoms with Crippen molar-refractivity contribution in [2.75, 3.05) is 53.6 Å². The number of hydrogen-bond donors (Lipinski definition) is 2. The molecule has 1 aliphatic rings. The summed E-state index contributed by atoms with van der Waals surface area (Å²) in [6, 6.07) is 8.41. The van der Waals surface area contributed by atoms with Crippen LogP contribution in [0.15, 0.2) is 29.3 Å². The third kappa shape index (κ3) is 10.5. The van der Waals surface area contributed by atoms with Crippen LogP contribution in [0.4, 0.5) is 0 Å². The minimum absolute atomic E-state index is 0. The van der Waals surface area contributed by atoms with Gasteiger partial charge in [-0.3, -0.25) is 9.89 Å². The van der Waals surface area contributed by atoms with Crippen LogP contribution < -0.4 is 15.4 Å². The number of rotatable bonds is 11. The van der Waals surface area contributed by atoms with Crippen LogP contribution in [0.3, 0.4) is 0 Å². The molecule has 0 saturated carbocycles. The van der Waals surface area contributed by atoms with Crippen molar-refractivity contribution >= 4 is 29.9 Å². The van der Waals surface area contributed by atoms with Crippen LogP contribution in [-0.2, 0) is 11.3 Å². The zero-order valence-electron chi connectivity index (χ0n) is 18.3. The molecular weight excluding hydrogens is 479 g/mol. The molecule has 29 heavy (non-hydrogen) atoms. The van der Waals surface area contributed by atoms with Gasteiger partial charge in [0.25, 0.3) is 0 Å². The summed E-state index contributed by atoms with van der Waals surface area (Å²) in [5, 5.41) is 6.89. The molecule has 7 heteroatoms. The van der Waals surface area contributed by atoms with Crippen molar-refractivity contribution in [2.24, 2.45) is 10.9 Å². The first-order valence-corrected chi connectivity index (χ1v) is 10.6. The third-order valence-corrected chi connectivity index (χ3v) is 5.27. The van der Waals surface area contributed by atoms with E-state index in [1.807, 2.05) is 26.1 Å². The summed E-state index contributed by atoms with van der Waals surface area (Å²) in [6.07, 6.45) is 4.65. The smallest absolute Gasteiger partial charge is 0.190 e. The summed E-state index contributed by atoms with van der Waals surface area (Å²) in [7, 11) is 3.55. The fraction of sp³-hybridized carbons (Fsp3) is 0.682. The quantitative estimate of drug-likeness (QED) is 0.203. The minimum atomic E-state index is 0. The van der Waals surface area contributed by atoms with Crippen molar-refractivity contribution in [3.05, 3.63) is 29.8 Å². The molecule has 2 N–H and O–H groups in total. The Bertz CT molecular complexity index is 560. The second-order valence-corrected chi connectivity index (χ2v) is 7.35. The molecule has 0 aromatic heterocycles. The Labute approximate surface area is 193 Å². The SMILES string of the molecule is CCOCCCCNC(=NC)NCC1CCN(Cc2ccc(OC)cc2)CC1.I. The van der Waals surface area contributed by atoms with Gasteiger partial charge in [-0.25, -0.2) is 0 Å². The molecule has 0 spiro atoms. The maximum atomic E-state index is 5.37. The van der Waals surface area contributed by atoms with Gasteiger partial charge in [0.2, 0.25) is 0 Å². The van der Waals surface area contributed by atoms with Crippen molar-refractivity contribution in [1.29, 1.82) is 0 Å². The van der Waals surface area contributed by atoms with Crippen LogP contribution in [-0.4, -0.2) is 64.4 Å². The lowest BCUT2D eigenvalue weighted by Crippen LogP contribution is -2.43. The number of ether oxygens (including phenoxy) is 2. The number of piperidine rings is 1. The predicted octanol–water partition coefficient (Wildman–Crippen LogP) is 3.51. The monoisotopic (exact) mass is 518 g/mol. The first-order valence-electron chi connectivity index (χ1n) is 10.6. The zero-order valence-corrected chi connectivity index (χ0v) is 20.6. The average Bonchev–Trinajstić information content (AvgIpc) is 2.74. The highest BCUT2D eigenvalue weighted by Crippen LogP contribution is 2.19. The molecule has 1 heterocycles. The van der Waals surface area contributed by atoms with E-state index < -0.39 is 0 Å². The summed E-state index contributed by atoms with van der Waals surface area (Å²) in [5.41, 5.74) is 1.35. The largest absolute Gasteiger partial charge is 0.497 e. The fourth-order valence-corrected chi connectivity index (χ4v) is 3.48. The number of halogens is 1. The standard InChI is InChI=1S/C22H38N4O2.HI/c1-4-28-16-6-5-13-24-22(23-2)25-17-19-11-14-26(15-12-19)18-20-7-9-21(27-3)10-8-20;/h7-10,19H,4-6,11-18H2,1-3H3,(H2,23,24,25);1H. The zero-order chi connectivity index (χ0) is 20.0. The molecule has 1 aliphatic heterocycles. The van der Waals surface area contributed by atoms with Crippen molar-refractivity contribution < 1.29 is 9.47 Å². The van der Waals surface area contributed by atoms with E-state index in [1.54, 1.807) is 7.11 Å². The Morgan fingerprint density at radius 3 is 2.48 bits per heavy atom. The number of benzene rings is 1. The van der Waals surface area contributed by atoms with Crippen molar-refractivity contribution in [1.82, 2.24) is 15.5 Å². The molecule has 0 aliphatic carbocycles. The van der Waals surface area contributed by atoms with Gasteiger partial charge in [0.15, 0.2) is 5.96 Å². The predicted molar refractivity (Wildman–Crippen MR) is 132 cm³/mol. The topological polar surface area (TPSA) is 58.1 Å². The molecule has 0 atom stereocenters. The van der Waals surface area contributed by atoms with Crippen molar-refractivity contribution in [2.45, 2.75) is 39.2 Å². The van der Waals surface area contributed by atoms with Crippen LogP contribution in [0, 0.1) is 5.92 Å². The van der Waals surface area contributed by atoms with E-state index in [0.29, 0.717) is 5.92 Å². The van der Waals surface area contributed by atoms with Crippen molar-refractivity contribution in [3.8, 4) is 5.75 Å². The Kier molecular flexibility index (Phi) is 14.1. The van der Waals surface area contributed by atoms with E-state index in [0.717, 1.165) is 70.5 Å². The van der Waals surface area contributed by atoms with Crippen LogP contribution in [0.1, 0.15) is 38.2 Å². The van der Waals surface area contributed by atoms with E-state index in [1.165, 1.54) is 18.4 Å². The summed E-state index contributed by atoms with van der Waals surface area (Å²) in [4.78, 5) is 6.88. The fourth-order valence-electron chi connectivity index (χ4n) is 3.48. The lowest BCUT2D eigenvalue weighted by atomic mass is 9.96. The van der Waals surface area contributed by atoms with E-state index in [-0.39, 0.29) is 24.0 Å². The Morgan fingerprint density at radius 1 is 1.14 bits per heavy atom. The summed E-state index contributed by atoms with van der Waals surface area (Å²) >= 11 is 0. The highest BCUT2D eigenvalue weighted by Gasteiger charge is 2.19. The lowest BCUT2D eigenvalue weighted by Gasteiger charge is -2.32. The van der Waals surface area contributed by atoms with Gasteiger partial charge in [-0.1, -0.05) is 12.1 Å². The van der Waals surface area contributed by atoms with Gasteiger partial charge in [0.05, 0.1) is 7.11 Å². The number of nitrogens with zero attached hydrogens (tertiary/aromatic N) is 2. The van der Waals surface area contributed by atoms with E-state index >= 15 is 0 Å².